The molecule has 1 heterocycles. The van der Waals surface area contributed by atoms with Gasteiger partial charge in [-0.1, -0.05) is 12.1 Å². The van der Waals surface area contributed by atoms with Gasteiger partial charge in [0.05, 0.1) is 11.7 Å². The van der Waals surface area contributed by atoms with E-state index in [0.717, 1.165) is 12.1 Å². The van der Waals surface area contributed by atoms with E-state index in [2.05, 4.69) is 5.32 Å². The number of halogens is 3. The van der Waals surface area contributed by atoms with E-state index in [4.69, 9.17) is 0 Å². The summed E-state index contributed by atoms with van der Waals surface area (Å²) in [6.45, 7) is 3.13. The minimum absolute atomic E-state index is 0.100. The van der Waals surface area contributed by atoms with Gasteiger partial charge in [0.25, 0.3) is 0 Å². The van der Waals surface area contributed by atoms with Crippen molar-refractivity contribution in [1.29, 1.82) is 0 Å². The van der Waals surface area contributed by atoms with Gasteiger partial charge in [0.15, 0.2) is 0 Å². The van der Waals surface area contributed by atoms with Crippen molar-refractivity contribution in [1.82, 2.24) is 10.2 Å². The molecule has 4 nitrogen and oxygen atoms in total. The fraction of sp³-hybridized carbons (Fsp3) is 0.562. The van der Waals surface area contributed by atoms with Crippen molar-refractivity contribution in [3.8, 4) is 0 Å². The molecule has 0 radical (unpaired) electrons. The van der Waals surface area contributed by atoms with E-state index in [1.54, 1.807) is 6.07 Å². The van der Waals surface area contributed by atoms with Crippen molar-refractivity contribution < 1.29 is 23.1 Å². The van der Waals surface area contributed by atoms with Gasteiger partial charge in [-0.2, -0.15) is 13.2 Å². The first-order valence-corrected chi connectivity index (χ1v) is 7.67. The van der Waals surface area contributed by atoms with Crippen LogP contribution in [0.5, 0.6) is 0 Å². The molecule has 0 aliphatic carbocycles. The molecule has 1 aliphatic heterocycles. The fourth-order valence-corrected chi connectivity index (χ4v) is 2.93. The largest absolute Gasteiger partial charge is 0.416 e. The van der Waals surface area contributed by atoms with Crippen molar-refractivity contribution in [2.45, 2.75) is 38.1 Å². The van der Waals surface area contributed by atoms with Gasteiger partial charge in [-0.25, -0.2) is 0 Å². The van der Waals surface area contributed by atoms with Gasteiger partial charge < -0.3 is 10.4 Å². The van der Waals surface area contributed by atoms with Crippen molar-refractivity contribution >= 4 is 5.91 Å². The molecule has 1 fully saturated rings. The number of carbonyl (C=O) groups is 1. The molecule has 1 aliphatic rings. The highest BCUT2D eigenvalue weighted by Crippen LogP contribution is 2.36. The first-order valence-electron chi connectivity index (χ1n) is 7.67. The van der Waals surface area contributed by atoms with Crippen LogP contribution in [0, 0.1) is 0 Å². The highest BCUT2D eigenvalue weighted by atomic mass is 19.4. The average molecular weight is 330 g/mol. The number of hydrogen-bond acceptors (Lipinski definition) is 3. The number of nitrogens with one attached hydrogen (secondary N) is 1. The van der Waals surface area contributed by atoms with Gasteiger partial charge in [-0.05, 0) is 31.0 Å². The Bertz CT molecular complexity index is 548. The van der Waals surface area contributed by atoms with Gasteiger partial charge in [0, 0.05) is 32.1 Å². The molecule has 2 rings (SSSR count). The molecule has 7 heteroatoms. The molecular formula is C16H21F3N2O2. The summed E-state index contributed by atoms with van der Waals surface area (Å²) >= 11 is 0. The SMILES string of the molecule is CCNC(=O)CCN1CC(O)CC1c1cccc(C(F)(F)F)c1. The fourth-order valence-electron chi connectivity index (χ4n) is 2.93. The lowest BCUT2D eigenvalue weighted by Crippen LogP contribution is -2.31. The summed E-state index contributed by atoms with van der Waals surface area (Å²) in [6, 6.07) is 4.87. The minimum Gasteiger partial charge on any atom is -0.392 e. The Kier molecular flexibility index (Phi) is 5.64. The predicted molar refractivity (Wildman–Crippen MR) is 79.7 cm³/mol. The maximum Gasteiger partial charge on any atom is 0.416 e. The van der Waals surface area contributed by atoms with Crippen LogP contribution >= 0.6 is 0 Å². The highest BCUT2D eigenvalue weighted by Gasteiger charge is 2.35. The summed E-state index contributed by atoms with van der Waals surface area (Å²) in [5.74, 6) is -0.100. The van der Waals surface area contributed by atoms with Crippen LogP contribution in [0.25, 0.3) is 0 Å². The molecule has 0 aromatic heterocycles. The van der Waals surface area contributed by atoms with Gasteiger partial charge in [0.2, 0.25) is 5.91 Å². The average Bonchev–Trinajstić information content (AvgIpc) is 2.86. The first kappa shape index (κ1) is 17.7. The minimum atomic E-state index is -4.39. The summed E-state index contributed by atoms with van der Waals surface area (Å²) in [5.41, 5.74) is -0.174. The van der Waals surface area contributed by atoms with E-state index >= 15 is 0 Å². The number of β-amino-alcohol motifs (C(OH)–C–C–N with tert-alkyl or cyclic N) is 1. The van der Waals surface area contributed by atoms with Crippen molar-refractivity contribution in [3.05, 3.63) is 35.4 Å². The summed E-state index contributed by atoms with van der Waals surface area (Å²) < 4.78 is 38.6. The monoisotopic (exact) mass is 330 g/mol. The molecule has 2 atom stereocenters. The molecule has 1 aromatic rings. The lowest BCUT2D eigenvalue weighted by atomic mass is 10.0. The Hall–Kier alpha value is -1.60. The Balaban J connectivity index is 2.11. The zero-order valence-electron chi connectivity index (χ0n) is 12.9. The third kappa shape index (κ3) is 4.68. The summed E-state index contributed by atoms with van der Waals surface area (Å²) in [4.78, 5) is 13.4. The van der Waals surface area contributed by atoms with Gasteiger partial charge >= 0.3 is 6.18 Å². The van der Waals surface area contributed by atoms with Crippen molar-refractivity contribution in [2.75, 3.05) is 19.6 Å². The number of aliphatic hydroxyl groups is 1. The Labute approximate surface area is 133 Å². The van der Waals surface area contributed by atoms with E-state index in [9.17, 15) is 23.1 Å². The molecule has 0 bridgehead atoms. The number of benzene rings is 1. The van der Waals surface area contributed by atoms with Crippen molar-refractivity contribution in [2.24, 2.45) is 0 Å². The smallest absolute Gasteiger partial charge is 0.392 e. The van der Waals surface area contributed by atoms with Crippen LogP contribution in [0.1, 0.15) is 36.9 Å². The van der Waals surface area contributed by atoms with Crippen molar-refractivity contribution in [3.63, 3.8) is 0 Å². The normalized spacial score (nSPS) is 22.3. The Morgan fingerprint density at radius 3 is 2.83 bits per heavy atom. The van der Waals surface area contributed by atoms with Crippen LogP contribution in [0.15, 0.2) is 24.3 Å². The number of hydrogen-bond donors (Lipinski definition) is 2. The molecule has 23 heavy (non-hydrogen) atoms. The van der Waals surface area contributed by atoms with Crippen LogP contribution in [0.4, 0.5) is 13.2 Å². The van der Waals surface area contributed by atoms with Gasteiger partial charge in [0.1, 0.15) is 0 Å². The molecule has 1 saturated heterocycles. The third-order valence-corrected chi connectivity index (χ3v) is 3.98. The number of nitrogens with zero attached hydrogens (tertiary/aromatic N) is 1. The zero-order valence-corrected chi connectivity index (χ0v) is 12.9. The Morgan fingerprint density at radius 2 is 2.17 bits per heavy atom. The second-order valence-corrected chi connectivity index (χ2v) is 5.73. The lowest BCUT2D eigenvalue weighted by Gasteiger charge is -2.24. The second-order valence-electron chi connectivity index (χ2n) is 5.73. The van der Waals surface area contributed by atoms with Crippen LogP contribution in [-0.4, -0.2) is 41.7 Å². The molecule has 2 unspecified atom stereocenters. The first-order chi connectivity index (χ1) is 10.8. The topological polar surface area (TPSA) is 52.6 Å². The molecule has 2 N–H and O–H groups in total. The van der Waals surface area contributed by atoms with Gasteiger partial charge in [-0.3, -0.25) is 9.69 Å². The van der Waals surface area contributed by atoms with Crippen LogP contribution in [0.2, 0.25) is 0 Å². The number of amides is 1. The van der Waals surface area contributed by atoms with Crippen LogP contribution in [0.3, 0.4) is 0 Å². The molecular weight excluding hydrogens is 309 g/mol. The number of aliphatic hydroxyl groups excluding tert-OH is 1. The summed E-state index contributed by atoms with van der Waals surface area (Å²) in [7, 11) is 0. The predicted octanol–water partition coefficient (Wildman–Crippen LogP) is 2.34. The number of alkyl halides is 3. The molecule has 128 valence electrons. The molecule has 0 saturated carbocycles. The molecule has 1 aromatic carbocycles. The van der Waals surface area contributed by atoms with Crippen LogP contribution in [-0.2, 0) is 11.0 Å². The number of rotatable bonds is 5. The molecule has 0 spiro atoms. The second kappa shape index (κ2) is 7.31. The maximum atomic E-state index is 12.9. The number of carbonyl (C=O) groups excluding carboxylic acids is 1. The van der Waals surface area contributed by atoms with E-state index in [-0.39, 0.29) is 18.4 Å². The standard InChI is InChI=1S/C16H21F3N2O2/c1-2-20-15(23)6-7-21-10-13(22)9-14(21)11-4-3-5-12(8-11)16(17,18)19/h3-5,8,13-14,22H,2,6-7,9-10H2,1H3,(H,20,23). The number of likely N-dealkylation sites (tertiary alicyclic amines) is 1. The van der Waals surface area contributed by atoms with E-state index < -0.39 is 17.8 Å². The van der Waals surface area contributed by atoms with E-state index in [1.807, 2.05) is 11.8 Å². The van der Waals surface area contributed by atoms with E-state index in [0.29, 0.717) is 31.6 Å². The van der Waals surface area contributed by atoms with Crippen LogP contribution < -0.4 is 5.32 Å². The quantitative estimate of drug-likeness (QED) is 0.871. The van der Waals surface area contributed by atoms with Gasteiger partial charge in [-0.15, -0.1) is 0 Å². The Morgan fingerprint density at radius 1 is 1.43 bits per heavy atom. The molecule has 1 amide bonds. The zero-order chi connectivity index (χ0) is 17.0. The summed E-state index contributed by atoms with van der Waals surface area (Å²) in [6.07, 6.45) is -4.35. The highest BCUT2D eigenvalue weighted by molar-refractivity contribution is 5.75. The van der Waals surface area contributed by atoms with E-state index in [1.165, 1.54) is 6.07 Å². The maximum absolute atomic E-state index is 12.9. The third-order valence-electron chi connectivity index (χ3n) is 3.98. The lowest BCUT2D eigenvalue weighted by molar-refractivity contribution is -0.137. The summed E-state index contributed by atoms with van der Waals surface area (Å²) in [5, 5.41) is 12.6.